The van der Waals surface area contributed by atoms with Crippen LogP contribution in [-0.4, -0.2) is 93.7 Å². The summed E-state index contributed by atoms with van der Waals surface area (Å²) in [5.74, 6) is 0. The van der Waals surface area contributed by atoms with Crippen molar-refractivity contribution in [2.45, 2.75) is 283 Å². The Labute approximate surface area is 396 Å². The van der Waals surface area contributed by atoms with Crippen molar-refractivity contribution in [2.24, 2.45) is 21.7 Å². The van der Waals surface area contributed by atoms with E-state index < -0.39 is 21.7 Å². The normalized spacial score (nSPS) is 22.9. The maximum Gasteiger partial charge on any atom is 0.0436 e. The van der Waals surface area contributed by atoms with Gasteiger partial charge in [0.25, 0.3) is 0 Å². The van der Waals surface area contributed by atoms with Gasteiger partial charge in [0.05, 0.1) is 0 Å². The lowest BCUT2D eigenvalue weighted by molar-refractivity contribution is -0.220. The predicted molar refractivity (Wildman–Crippen MR) is 270 cm³/mol. The monoisotopic (exact) mass is 913 g/mol. The van der Waals surface area contributed by atoms with E-state index in [9.17, 15) is 40.9 Å². The molecule has 1 aliphatic carbocycles. The summed E-state index contributed by atoms with van der Waals surface area (Å²) in [5, 5.41) is 87.8. The highest BCUT2D eigenvalue weighted by Crippen LogP contribution is 2.72. The summed E-state index contributed by atoms with van der Waals surface area (Å²) < 4.78 is 0. The molecule has 1 aliphatic rings. The molecular formula is C56H112O8. The van der Waals surface area contributed by atoms with Crippen LogP contribution in [0.2, 0.25) is 0 Å². The molecule has 64 heavy (non-hydrogen) atoms. The van der Waals surface area contributed by atoms with Gasteiger partial charge in [0.2, 0.25) is 0 Å². The fourth-order valence-corrected chi connectivity index (χ4v) is 13.7. The molecule has 0 aromatic carbocycles. The van der Waals surface area contributed by atoms with Crippen LogP contribution in [0.3, 0.4) is 0 Å². The van der Waals surface area contributed by atoms with Crippen LogP contribution in [-0.2, 0) is 0 Å². The minimum Gasteiger partial charge on any atom is -0.396 e. The lowest BCUT2D eigenvalue weighted by Crippen LogP contribution is -2.63. The van der Waals surface area contributed by atoms with Crippen LogP contribution in [0.15, 0.2) is 0 Å². The lowest BCUT2D eigenvalue weighted by Gasteiger charge is -2.68. The molecule has 8 heteroatoms. The van der Waals surface area contributed by atoms with E-state index in [1.807, 2.05) is 0 Å². The van der Waals surface area contributed by atoms with Gasteiger partial charge in [-0.3, -0.25) is 0 Å². The smallest absolute Gasteiger partial charge is 0.0436 e. The molecule has 0 aromatic heterocycles. The molecule has 0 unspecified atom stereocenters. The molecule has 0 amide bonds. The second kappa shape index (κ2) is 41.6. The standard InChI is InChI=1S/C56H112O8/c57-45-37-53(38-46-58)35-33-31-29-27-25-23-21-19-17-15-13-11-9-7-5-3-1-2-4-6-8-10-12-14-16-18-20-22-24-26-28-30-32-34-36-54(39-47-59,40-48-60)56(43-51-63,44-52-64)55(53,41-49-61)42-50-62/h57-64H,1-52H2. The van der Waals surface area contributed by atoms with Gasteiger partial charge in [-0.15, -0.1) is 0 Å². The summed E-state index contributed by atoms with van der Waals surface area (Å²) in [6.07, 6.45) is 47.8. The highest BCUT2D eigenvalue weighted by molar-refractivity contribution is 5.14. The van der Waals surface area contributed by atoms with Crippen molar-refractivity contribution in [2.75, 3.05) is 52.9 Å². The van der Waals surface area contributed by atoms with Crippen LogP contribution in [0.5, 0.6) is 0 Å². The average molecular weight is 914 g/mol. The van der Waals surface area contributed by atoms with Gasteiger partial charge in [-0.1, -0.05) is 218 Å². The van der Waals surface area contributed by atoms with Gasteiger partial charge < -0.3 is 40.9 Å². The minimum atomic E-state index is -0.919. The topological polar surface area (TPSA) is 162 Å². The quantitative estimate of drug-likeness (QED) is 0.0759. The van der Waals surface area contributed by atoms with Gasteiger partial charge in [0.15, 0.2) is 0 Å². The van der Waals surface area contributed by atoms with Crippen molar-refractivity contribution in [1.29, 1.82) is 0 Å². The maximum absolute atomic E-state index is 11.1. The zero-order valence-corrected chi connectivity index (χ0v) is 42.3. The Bertz CT molecular complexity index is 876. The van der Waals surface area contributed by atoms with E-state index in [2.05, 4.69) is 0 Å². The third-order valence-electron chi connectivity index (χ3n) is 17.0. The van der Waals surface area contributed by atoms with E-state index in [4.69, 9.17) is 0 Å². The van der Waals surface area contributed by atoms with Gasteiger partial charge in [0, 0.05) is 52.9 Å². The van der Waals surface area contributed by atoms with E-state index >= 15 is 0 Å². The van der Waals surface area contributed by atoms with E-state index in [1.165, 1.54) is 180 Å². The molecule has 0 radical (unpaired) electrons. The van der Waals surface area contributed by atoms with Crippen molar-refractivity contribution < 1.29 is 40.9 Å². The fourth-order valence-electron chi connectivity index (χ4n) is 13.7. The molecule has 0 spiro atoms. The van der Waals surface area contributed by atoms with Gasteiger partial charge in [-0.25, -0.2) is 0 Å². The molecule has 1 fully saturated rings. The lowest BCUT2D eigenvalue weighted by atomic mass is 9.36. The zero-order valence-electron chi connectivity index (χ0n) is 42.3. The van der Waals surface area contributed by atoms with E-state index in [0.29, 0.717) is 38.5 Å². The van der Waals surface area contributed by atoms with Crippen molar-refractivity contribution in [3.63, 3.8) is 0 Å². The van der Waals surface area contributed by atoms with Gasteiger partial charge in [-0.05, 0) is 85.9 Å². The van der Waals surface area contributed by atoms with Crippen LogP contribution in [0.1, 0.15) is 283 Å². The number of hydrogen-bond donors (Lipinski definition) is 8. The average Bonchev–Trinajstić information content (AvgIpc) is 3.28. The van der Waals surface area contributed by atoms with Crippen LogP contribution in [0.4, 0.5) is 0 Å². The Hall–Kier alpha value is -0.320. The van der Waals surface area contributed by atoms with Crippen molar-refractivity contribution in [3.05, 3.63) is 0 Å². The molecule has 0 bridgehead atoms. The van der Waals surface area contributed by atoms with Gasteiger partial charge in [-0.2, -0.15) is 0 Å². The number of rotatable bonds is 16. The summed E-state index contributed by atoms with van der Waals surface area (Å²) in [7, 11) is 0. The van der Waals surface area contributed by atoms with Crippen molar-refractivity contribution in [1.82, 2.24) is 0 Å². The molecule has 0 saturated heterocycles. The summed E-state index contributed by atoms with van der Waals surface area (Å²) >= 11 is 0. The minimum absolute atomic E-state index is 0.125. The van der Waals surface area contributed by atoms with Crippen LogP contribution in [0, 0.1) is 21.7 Å². The third kappa shape index (κ3) is 22.9. The first-order valence-electron chi connectivity index (χ1n) is 28.3. The molecule has 0 aliphatic heterocycles. The van der Waals surface area contributed by atoms with Crippen molar-refractivity contribution in [3.8, 4) is 0 Å². The Kier molecular flexibility index (Phi) is 40.1. The highest BCUT2D eigenvalue weighted by atomic mass is 16.3. The van der Waals surface area contributed by atoms with Crippen LogP contribution in [0.25, 0.3) is 0 Å². The van der Waals surface area contributed by atoms with E-state index in [-0.39, 0.29) is 78.5 Å². The van der Waals surface area contributed by atoms with Gasteiger partial charge >= 0.3 is 0 Å². The Morgan fingerprint density at radius 2 is 0.297 bits per heavy atom. The Balaban J connectivity index is 3.31. The van der Waals surface area contributed by atoms with Crippen LogP contribution < -0.4 is 0 Å². The highest BCUT2D eigenvalue weighted by Gasteiger charge is 2.66. The SMILES string of the molecule is OCCC1(CCO)CCCCCCCCCCCCCCCCCCCCCCCCCCCCCCCCCCCCC(CCO)(CCO)C(CCO)(CCO)C1(CCO)CCO. The summed E-state index contributed by atoms with van der Waals surface area (Å²) in [5.41, 5.74) is -3.29. The first-order valence-corrected chi connectivity index (χ1v) is 28.3. The van der Waals surface area contributed by atoms with Crippen LogP contribution >= 0.6 is 0 Å². The molecule has 0 heterocycles. The maximum atomic E-state index is 11.1. The number of aliphatic hydroxyl groups excluding tert-OH is 8. The summed E-state index contributed by atoms with van der Waals surface area (Å²) in [6.45, 7) is -1.26. The van der Waals surface area contributed by atoms with E-state index in [0.717, 1.165) is 38.5 Å². The fraction of sp³-hybridized carbons (Fsp3) is 1.00. The molecule has 0 atom stereocenters. The first kappa shape index (κ1) is 61.7. The Morgan fingerprint density at radius 1 is 0.172 bits per heavy atom. The predicted octanol–water partition coefficient (Wildman–Crippen LogP) is 13.0. The molecule has 1 rings (SSSR count). The second-order valence-electron chi connectivity index (χ2n) is 21.0. The molecular weight excluding hydrogens is 801 g/mol. The molecule has 8 nitrogen and oxygen atoms in total. The van der Waals surface area contributed by atoms with E-state index in [1.54, 1.807) is 0 Å². The zero-order chi connectivity index (χ0) is 46.8. The summed E-state index contributed by atoms with van der Waals surface area (Å²) in [4.78, 5) is 0. The van der Waals surface area contributed by atoms with Crippen molar-refractivity contribution >= 4 is 0 Å². The first-order chi connectivity index (χ1) is 31.4. The molecule has 384 valence electrons. The second-order valence-corrected chi connectivity index (χ2v) is 21.0. The molecule has 8 N–H and O–H groups in total. The third-order valence-corrected chi connectivity index (χ3v) is 17.0. The Morgan fingerprint density at radius 3 is 0.422 bits per heavy atom. The number of aliphatic hydroxyl groups is 8. The number of hydrogen-bond acceptors (Lipinski definition) is 8. The molecule has 0 aromatic rings. The molecule has 1 saturated carbocycles. The summed E-state index contributed by atoms with van der Waals surface area (Å²) in [6, 6.07) is 0. The van der Waals surface area contributed by atoms with Gasteiger partial charge in [0.1, 0.15) is 0 Å². The largest absolute Gasteiger partial charge is 0.396 e.